The zero-order valence-electron chi connectivity index (χ0n) is 10.0. The lowest BCUT2D eigenvalue weighted by Gasteiger charge is -2.09. The molecule has 17 heavy (non-hydrogen) atoms. The van der Waals surface area contributed by atoms with Crippen molar-refractivity contribution in [1.29, 1.82) is 0 Å². The highest BCUT2D eigenvalue weighted by atomic mass is 16.5. The molecule has 0 saturated carbocycles. The fourth-order valence-electron chi connectivity index (χ4n) is 1.96. The zero-order valence-corrected chi connectivity index (χ0v) is 10.0. The van der Waals surface area contributed by atoms with Gasteiger partial charge < -0.3 is 15.5 Å². The van der Waals surface area contributed by atoms with E-state index in [0.29, 0.717) is 18.7 Å². The Morgan fingerprint density at radius 2 is 2.18 bits per heavy atom. The van der Waals surface area contributed by atoms with Gasteiger partial charge in [0.25, 0.3) is 5.56 Å². The highest BCUT2D eigenvalue weighted by molar-refractivity contribution is 5.87. The normalized spacial score (nSPS) is 10.8. The summed E-state index contributed by atoms with van der Waals surface area (Å²) in [6.07, 6.45) is 0.585. The third-order valence-electron chi connectivity index (χ3n) is 2.91. The first-order chi connectivity index (χ1) is 8.17. The van der Waals surface area contributed by atoms with Crippen LogP contribution in [0.5, 0.6) is 5.75 Å². The highest BCUT2D eigenvalue weighted by Crippen LogP contribution is 2.25. The number of hydrogen-bond acceptors (Lipinski definition) is 3. The second kappa shape index (κ2) is 4.59. The second-order valence-corrected chi connectivity index (χ2v) is 4.04. The molecule has 0 aliphatic heterocycles. The molecule has 1 aromatic carbocycles. The lowest BCUT2D eigenvalue weighted by atomic mass is 10.1. The van der Waals surface area contributed by atoms with E-state index >= 15 is 0 Å². The van der Waals surface area contributed by atoms with Crippen molar-refractivity contribution < 1.29 is 4.74 Å². The van der Waals surface area contributed by atoms with Crippen molar-refractivity contribution in [1.82, 2.24) is 4.98 Å². The quantitative estimate of drug-likeness (QED) is 0.839. The van der Waals surface area contributed by atoms with Crippen molar-refractivity contribution >= 4 is 10.9 Å². The van der Waals surface area contributed by atoms with E-state index < -0.39 is 0 Å². The fourth-order valence-corrected chi connectivity index (χ4v) is 1.96. The van der Waals surface area contributed by atoms with E-state index in [1.54, 1.807) is 7.11 Å². The van der Waals surface area contributed by atoms with Gasteiger partial charge in [0.15, 0.2) is 0 Å². The fraction of sp³-hybridized carbons (Fsp3) is 0.308. The minimum absolute atomic E-state index is 0.0909. The summed E-state index contributed by atoms with van der Waals surface area (Å²) >= 11 is 0. The van der Waals surface area contributed by atoms with Gasteiger partial charge in [-0.3, -0.25) is 4.79 Å². The number of aryl methyl sites for hydroxylation is 1. The molecule has 1 aromatic heterocycles. The van der Waals surface area contributed by atoms with Crippen molar-refractivity contribution in [2.45, 2.75) is 13.3 Å². The van der Waals surface area contributed by atoms with Crippen LogP contribution in [0.1, 0.15) is 11.1 Å². The molecule has 4 heteroatoms. The first-order valence-electron chi connectivity index (χ1n) is 5.57. The molecule has 0 saturated heterocycles. The molecule has 0 amide bonds. The van der Waals surface area contributed by atoms with Crippen LogP contribution in [0, 0.1) is 6.92 Å². The van der Waals surface area contributed by atoms with E-state index in [2.05, 4.69) is 4.98 Å². The van der Waals surface area contributed by atoms with Crippen LogP contribution >= 0.6 is 0 Å². The lowest BCUT2D eigenvalue weighted by Crippen LogP contribution is -2.16. The number of aromatic amines is 1. The van der Waals surface area contributed by atoms with Crippen LogP contribution in [-0.2, 0) is 6.42 Å². The first kappa shape index (κ1) is 11.7. The van der Waals surface area contributed by atoms with E-state index in [1.807, 2.05) is 25.1 Å². The van der Waals surface area contributed by atoms with Gasteiger partial charge in [-0.15, -0.1) is 0 Å². The Bertz CT molecular complexity index is 602. The number of hydrogen-bond donors (Lipinski definition) is 2. The van der Waals surface area contributed by atoms with E-state index in [-0.39, 0.29) is 5.56 Å². The third kappa shape index (κ3) is 2.03. The first-order valence-corrected chi connectivity index (χ1v) is 5.57. The predicted molar refractivity (Wildman–Crippen MR) is 68.6 cm³/mol. The summed E-state index contributed by atoms with van der Waals surface area (Å²) in [5, 5.41) is 1.01. The van der Waals surface area contributed by atoms with Crippen molar-refractivity contribution in [3.63, 3.8) is 0 Å². The van der Waals surface area contributed by atoms with Crippen LogP contribution in [0.3, 0.4) is 0 Å². The average Bonchev–Trinajstić information content (AvgIpc) is 2.32. The van der Waals surface area contributed by atoms with Gasteiger partial charge in [0.1, 0.15) is 5.75 Å². The number of methoxy groups -OCH3 is 1. The molecule has 0 aliphatic carbocycles. The Morgan fingerprint density at radius 3 is 2.82 bits per heavy atom. The Labute approximate surface area is 99.4 Å². The summed E-state index contributed by atoms with van der Waals surface area (Å²) in [6, 6.07) is 5.74. The summed E-state index contributed by atoms with van der Waals surface area (Å²) in [6.45, 7) is 2.48. The van der Waals surface area contributed by atoms with E-state index in [4.69, 9.17) is 10.5 Å². The maximum Gasteiger partial charge on any atom is 0.251 e. The Hall–Kier alpha value is -1.81. The van der Waals surface area contributed by atoms with Crippen LogP contribution < -0.4 is 16.0 Å². The minimum atomic E-state index is -0.0909. The Balaban J connectivity index is 2.77. The molecule has 0 fully saturated rings. The van der Waals surface area contributed by atoms with Crippen LogP contribution in [-0.4, -0.2) is 18.6 Å². The van der Waals surface area contributed by atoms with Gasteiger partial charge in [-0.25, -0.2) is 0 Å². The molecule has 4 nitrogen and oxygen atoms in total. The summed E-state index contributed by atoms with van der Waals surface area (Å²) in [4.78, 5) is 14.7. The number of pyridine rings is 1. The lowest BCUT2D eigenvalue weighted by molar-refractivity contribution is 0.418. The van der Waals surface area contributed by atoms with Crippen LogP contribution in [0.2, 0.25) is 0 Å². The molecule has 2 rings (SSSR count). The molecule has 0 unspecified atom stereocenters. The largest absolute Gasteiger partial charge is 0.495 e. The number of rotatable bonds is 3. The van der Waals surface area contributed by atoms with Crippen molar-refractivity contribution in [2.75, 3.05) is 13.7 Å². The average molecular weight is 232 g/mol. The number of nitrogens with two attached hydrogens (primary N) is 1. The van der Waals surface area contributed by atoms with Crippen LogP contribution in [0.25, 0.3) is 10.9 Å². The Kier molecular flexibility index (Phi) is 3.15. The molecule has 0 aliphatic rings. The maximum atomic E-state index is 11.8. The van der Waals surface area contributed by atoms with Gasteiger partial charge in [-0.1, -0.05) is 6.07 Å². The maximum absolute atomic E-state index is 11.8. The molecular weight excluding hydrogens is 216 g/mol. The smallest absolute Gasteiger partial charge is 0.251 e. The third-order valence-corrected chi connectivity index (χ3v) is 2.91. The number of H-pyrrole nitrogens is 1. The molecule has 0 radical (unpaired) electrons. The van der Waals surface area contributed by atoms with E-state index in [0.717, 1.165) is 22.0 Å². The van der Waals surface area contributed by atoms with Gasteiger partial charge in [0.2, 0.25) is 0 Å². The zero-order chi connectivity index (χ0) is 12.4. The Morgan fingerprint density at radius 1 is 1.41 bits per heavy atom. The highest BCUT2D eigenvalue weighted by Gasteiger charge is 2.08. The monoisotopic (exact) mass is 232 g/mol. The van der Waals surface area contributed by atoms with Gasteiger partial charge >= 0.3 is 0 Å². The number of aromatic nitrogens is 1. The molecular formula is C13H16N2O2. The summed E-state index contributed by atoms with van der Waals surface area (Å²) in [5.74, 6) is 0.682. The van der Waals surface area contributed by atoms with E-state index in [9.17, 15) is 4.79 Å². The van der Waals surface area contributed by atoms with Crippen molar-refractivity contribution in [3.8, 4) is 5.75 Å². The molecule has 0 bridgehead atoms. The molecule has 90 valence electrons. The molecule has 0 atom stereocenters. The molecule has 1 heterocycles. The topological polar surface area (TPSA) is 68.1 Å². The number of fused-ring (bicyclic) bond motifs is 1. The van der Waals surface area contributed by atoms with Crippen LogP contribution in [0.15, 0.2) is 23.0 Å². The summed E-state index contributed by atoms with van der Waals surface area (Å²) in [7, 11) is 1.59. The SMILES string of the molecule is COc1ccc(C)c2cc(CCN)c(=O)[nH]c12. The standard InChI is InChI=1S/C13H16N2O2/c1-8-3-4-11(17-2)12-10(8)7-9(5-6-14)13(16)15-12/h3-4,7H,5-6,14H2,1-2H3,(H,15,16). The summed E-state index contributed by atoms with van der Waals surface area (Å²) < 4.78 is 5.24. The van der Waals surface area contributed by atoms with Crippen molar-refractivity contribution in [2.24, 2.45) is 5.73 Å². The van der Waals surface area contributed by atoms with E-state index in [1.165, 1.54) is 0 Å². The van der Waals surface area contributed by atoms with Gasteiger partial charge in [-0.2, -0.15) is 0 Å². The number of ether oxygens (including phenoxy) is 1. The van der Waals surface area contributed by atoms with Crippen LogP contribution in [0.4, 0.5) is 0 Å². The minimum Gasteiger partial charge on any atom is -0.495 e. The summed E-state index contributed by atoms with van der Waals surface area (Å²) in [5.41, 5.74) is 7.97. The van der Waals surface area contributed by atoms with Crippen molar-refractivity contribution in [3.05, 3.63) is 39.7 Å². The molecule has 2 aromatic rings. The predicted octanol–water partition coefficient (Wildman–Crippen LogP) is 1.35. The van der Waals surface area contributed by atoms with Gasteiger partial charge in [0.05, 0.1) is 12.6 Å². The van der Waals surface area contributed by atoms with Gasteiger partial charge in [-0.05, 0) is 37.6 Å². The molecule has 0 spiro atoms. The number of benzene rings is 1. The second-order valence-electron chi connectivity index (χ2n) is 4.04. The van der Waals surface area contributed by atoms with Gasteiger partial charge in [0, 0.05) is 10.9 Å². The molecule has 3 N–H and O–H groups in total. The number of nitrogens with one attached hydrogen (secondary N) is 1.